The van der Waals surface area contributed by atoms with Crippen LogP contribution in [-0.2, 0) is 14.3 Å². The van der Waals surface area contributed by atoms with Crippen LogP contribution in [0.4, 0.5) is 5.69 Å². The third kappa shape index (κ3) is 4.05. The van der Waals surface area contributed by atoms with Crippen molar-refractivity contribution in [2.75, 3.05) is 19.0 Å². The Balaban J connectivity index is 2.89. The Morgan fingerprint density at radius 2 is 2.00 bits per heavy atom. The number of carbonyl (C=O) groups is 2. The van der Waals surface area contributed by atoms with Crippen LogP contribution < -0.4 is 5.32 Å². The first-order valence-corrected chi connectivity index (χ1v) is 6.94. The minimum atomic E-state index is -0.931. The van der Waals surface area contributed by atoms with Gasteiger partial charge < -0.3 is 14.8 Å². The topological polar surface area (TPSA) is 64.6 Å². The molecule has 6 heteroatoms. The van der Waals surface area contributed by atoms with Crippen molar-refractivity contribution in [2.24, 2.45) is 0 Å². The average molecular weight is 344 g/mol. The summed E-state index contributed by atoms with van der Waals surface area (Å²) in [5.41, 5.74) is 0.0510. The van der Waals surface area contributed by atoms with E-state index in [-0.39, 0.29) is 5.91 Å². The van der Waals surface area contributed by atoms with Gasteiger partial charge in [0.1, 0.15) is 5.60 Å². The van der Waals surface area contributed by atoms with Crippen LogP contribution in [-0.4, -0.2) is 31.2 Å². The molecule has 5 nitrogen and oxygen atoms in total. The molecular formula is C14H18BrNO4. The minimum absolute atomic E-state index is 0.274. The summed E-state index contributed by atoms with van der Waals surface area (Å²) in [4.78, 5) is 23.6. The van der Waals surface area contributed by atoms with Crippen LogP contribution in [0.2, 0.25) is 0 Å². The smallest absolute Gasteiger partial charge is 0.338 e. The number of hydrogen-bond donors (Lipinski definition) is 1. The van der Waals surface area contributed by atoms with Crippen LogP contribution in [0.5, 0.6) is 0 Å². The molecule has 1 aromatic rings. The van der Waals surface area contributed by atoms with Gasteiger partial charge in [-0.25, -0.2) is 4.79 Å². The van der Waals surface area contributed by atoms with E-state index in [0.717, 1.165) is 0 Å². The van der Waals surface area contributed by atoms with Gasteiger partial charge >= 0.3 is 5.97 Å². The molecule has 0 unspecified atom stereocenters. The van der Waals surface area contributed by atoms with Crippen LogP contribution in [0.15, 0.2) is 22.7 Å². The number of carbonyl (C=O) groups excluding carboxylic acids is 2. The van der Waals surface area contributed by atoms with Crippen molar-refractivity contribution in [1.82, 2.24) is 0 Å². The number of amides is 1. The van der Waals surface area contributed by atoms with Crippen molar-refractivity contribution in [2.45, 2.75) is 26.4 Å². The van der Waals surface area contributed by atoms with Crippen LogP contribution in [0.25, 0.3) is 0 Å². The summed E-state index contributed by atoms with van der Waals surface area (Å²) in [5, 5.41) is 2.74. The van der Waals surface area contributed by atoms with E-state index in [2.05, 4.69) is 21.2 Å². The molecule has 0 atom stereocenters. The number of nitrogens with one attached hydrogen (secondary N) is 1. The number of anilines is 1. The predicted octanol–water partition coefficient (Wildman–Crippen LogP) is 2.99. The van der Waals surface area contributed by atoms with E-state index in [1.807, 2.05) is 0 Å². The van der Waals surface area contributed by atoms with Gasteiger partial charge in [0.25, 0.3) is 5.91 Å². The number of esters is 1. The predicted molar refractivity (Wildman–Crippen MR) is 79.8 cm³/mol. The van der Waals surface area contributed by atoms with Crippen molar-refractivity contribution >= 4 is 33.5 Å². The standard InChI is InChI=1S/C14H18BrNO4/c1-5-20-12(17)9-6-7-11(10(15)8-9)16-13(18)14(2,3)19-4/h6-8H,5H2,1-4H3,(H,16,18). The van der Waals surface area contributed by atoms with Gasteiger partial charge in [-0.2, -0.15) is 0 Å². The summed E-state index contributed by atoms with van der Waals surface area (Å²) >= 11 is 3.32. The Morgan fingerprint density at radius 3 is 2.50 bits per heavy atom. The third-order valence-corrected chi connectivity index (χ3v) is 3.44. The van der Waals surface area contributed by atoms with Crippen molar-refractivity contribution < 1.29 is 19.1 Å². The second-order valence-corrected chi connectivity index (χ2v) is 5.44. The molecule has 0 bridgehead atoms. The van der Waals surface area contributed by atoms with Crippen LogP contribution >= 0.6 is 15.9 Å². The first-order valence-electron chi connectivity index (χ1n) is 6.15. The van der Waals surface area contributed by atoms with Gasteiger partial charge in [-0.15, -0.1) is 0 Å². The highest BCUT2D eigenvalue weighted by atomic mass is 79.9. The molecule has 0 radical (unpaired) electrons. The SMILES string of the molecule is CCOC(=O)c1ccc(NC(=O)C(C)(C)OC)c(Br)c1. The number of rotatable bonds is 5. The highest BCUT2D eigenvalue weighted by Crippen LogP contribution is 2.25. The molecule has 110 valence electrons. The zero-order valence-corrected chi connectivity index (χ0v) is 13.5. The number of methoxy groups -OCH3 is 1. The van der Waals surface area contributed by atoms with Gasteiger partial charge in [0, 0.05) is 11.6 Å². The molecule has 1 N–H and O–H groups in total. The van der Waals surface area contributed by atoms with Crippen LogP contribution in [0.1, 0.15) is 31.1 Å². The van der Waals surface area contributed by atoms with Crippen molar-refractivity contribution in [3.8, 4) is 0 Å². The summed E-state index contributed by atoms with van der Waals surface area (Å²) in [7, 11) is 1.47. The lowest BCUT2D eigenvalue weighted by molar-refractivity contribution is -0.133. The number of benzene rings is 1. The van der Waals surface area contributed by atoms with E-state index in [9.17, 15) is 9.59 Å². The van der Waals surface area contributed by atoms with Crippen molar-refractivity contribution in [3.05, 3.63) is 28.2 Å². The van der Waals surface area contributed by atoms with E-state index in [1.54, 1.807) is 39.0 Å². The van der Waals surface area contributed by atoms with Crippen molar-refractivity contribution in [3.63, 3.8) is 0 Å². The molecule has 0 aliphatic carbocycles. The molecule has 0 aliphatic rings. The fraction of sp³-hybridized carbons (Fsp3) is 0.429. The van der Waals surface area contributed by atoms with E-state index < -0.39 is 11.6 Å². The maximum Gasteiger partial charge on any atom is 0.338 e. The Labute approximate surface area is 126 Å². The second kappa shape index (κ2) is 6.85. The quantitative estimate of drug-likeness (QED) is 0.834. The zero-order chi connectivity index (χ0) is 15.3. The molecule has 0 spiro atoms. The summed E-state index contributed by atoms with van der Waals surface area (Å²) in [6.07, 6.45) is 0. The Morgan fingerprint density at radius 1 is 1.35 bits per heavy atom. The van der Waals surface area contributed by atoms with E-state index in [1.165, 1.54) is 7.11 Å². The zero-order valence-electron chi connectivity index (χ0n) is 12.0. The lowest BCUT2D eigenvalue weighted by Crippen LogP contribution is -2.38. The molecule has 0 aliphatic heterocycles. The summed E-state index contributed by atoms with van der Waals surface area (Å²) < 4.78 is 10.6. The molecule has 20 heavy (non-hydrogen) atoms. The Bertz CT molecular complexity index is 514. The first kappa shape index (κ1) is 16.7. The molecule has 0 aromatic heterocycles. The largest absolute Gasteiger partial charge is 0.462 e. The monoisotopic (exact) mass is 343 g/mol. The number of ether oxygens (including phenoxy) is 2. The molecule has 0 fully saturated rings. The maximum atomic E-state index is 12.0. The van der Waals surface area contributed by atoms with Gasteiger partial charge in [-0.05, 0) is 54.9 Å². The summed E-state index contributed by atoms with van der Waals surface area (Å²) in [6.45, 7) is 5.40. The van der Waals surface area contributed by atoms with E-state index in [4.69, 9.17) is 9.47 Å². The average Bonchev–Trinajstić information content (AvgIpc) is 2.41. The summed E-state index contributed by atoms with van der Waals surface area (Å²) in [5.74, 6) is -0.673. The van der Waals surface area contributed by atoms with Gasteiger partial charge in [0.15, 0.2) is 0 Å². The molecule has 1 amide bonds. The van der Waals surface area contributed by atoms with E-state index >= 15 is 0 Å². The molecule has 0 saturated carbocycles. The molecule has 1 aromatic carbocycles. The van der Waals surface area contributed by atoms with Crippen LogP contribution in [0.3, 0.4) is 0 Å². The number of hydrogen-bond acceptors (Lipinski definition) is 4. The van der Waals surface area contributed by atoms with Crippen LogP contribution in [0, 0.1) is 0 Å². The molecule has 0 heterocycles. The maximum absolute atomic E-state index is 12.0. The van der Waals surface area contributed by atoms with Gasteiger partial charge in [-0.1, -0.05) is 0 Å². The fourth-order valence-electron chi connectivity index (χ4n) is 1.32. The third-order valence-electron chi connectivity index (χ3n) is 2.79. The molecule has 1 rings (SSSR count). The van der Waals surface area contributed by atoms with Gasteiger partial charge in [0.05, 0.1) is 17.9 Å². The number of halogens is 1. The fourth-order valence-corrected chi connectivity index (χ4v) is 1.80. The second-order valence-electron chi connectivity index (χ2n) is 4.58. The lowest BCUT2D eigenvalue weighted by atomic mass is 10.1. The highest BCUT2D eigenvalue weighted by molar-refractivity contribution is 9.10. The van der Waals surface area contributed by atoms with Gasteiger partial charge in [-0.3, -0.25) is 4.79 Å². The molecular weight excluding hydrogens is 326 g/mol. The highest BCUT2D eigenvalue weighted by Gasteiger charge is 2.27. The normalized spacial score (nSPS) is 11.1. The van der Waals surface area contributed by atoms with E-state index in [0.29, 0.717) is 22.3 Å². The Kier molecular flexibility index (Phi) is 5.71. The molecule has 0 saturated heterocycles. The Hall–Kier alpha value is -1.40. The minimum Gasteiger partial charge on any atom is -0.462 e. The van der Waals surface area contributed by atoms with Gasteiger partial charge in [0.2, 0.25) is 0 Å². The first-order chi connectivity index (χ1) is 9.31. The summed E-state index contributed by atoms with van der Waals surface area (Å²) in [6, 6.07) is 4.84. The lowest BCUT2D eigenvalue weighted by Gasteiger charge is -2.22. The van der Waals surface area contributed by atoms with Crippen molar-refractivity contribution in [1.29, 1.82) is 0 Å².